The molecule has 0 N–H and O–H groups in total. The maximum absolute atomic E-state index is 8.42. The van der Waals surface area contributed by atoms with Gasteiger partial charge in [-0.2, -0.15) is 0 Å². The molecule has 0 heterocycles. The first-order valence-corrected chi connectivity index (χ1v) is 3.92. The molecule has 0 aromatic heterocycles. The van der Waals surface area contributed by atoms with Crippen molar-refractivity contribution < 1.29 is 9.47 Å². The van der Waals surface area contributed by atoms with Gasteiger partial charge in [0.2, 0.25) is 0 Å². The smallest absolute Gasteiger partial charge is 0.292 e. The minimum atomic E-state index is 0.300. The van der Waals surface area contributed by atoms with Gasteiger partial charge < -0.3 is 9.47 Å². The van der Waals surface area contributed by atoms with Gasteiger partial charge in [0.1, 0.15) is 0 Å². The first-order valence-electron chi connectivity index (χ1n) is 3.92. The van der Waals surface area contributed by atoms with Crippen molar-refractivity contribution in [2.45, 2.75) is 13.8 Å². The van der Waals surface area contributed by atoms with Gasteiger partial charge in [-0.05, 0) is 25.0 Å². The van der Waals surface area contributed by atoms with Crippen LogP contribution in [0.4, 0.5) is 0 Å². The fourth-order valence-corrected chi connectivity index (χ4v) is 1.10. The summed E-state index contributed by atoms with van der Waals surface area (Å²) < 4.78 is 9.46. The van der Waals surface area contributed by atoms with E-state index in [4.69, 9.17) is 20.0 Å². The van der Waals surface area contributed by atoms with E-state index in [1.807, 2.05) is 0 Å². The number of hydrogen-bond acceptors (Lipinski definition) is 4. The van der Waals surface area contributed by atoms with E-state index in [2.05, 4.69) is 0 Å². The molecule has 0 amide bonds. The summed E-state index contributed by atoms with van der Waals surface area (Å²) in [6.45, 7) is 3.55. The van der Waals surface area contributed by atoms with Crippen LogP contribution in [-0.4, -0.2) is 0 Å². The average molecular weight is 188 g/mol. The largest absolute Gasteiger partial charge is 0.384 e. The quantitative estimate of drug-likeness (QED) is 0.666. The zero-order chi connectivity index (χ0) is 10.6. The van der Waals surface area contributed by atoms with Gasteiger partial charge in [0.05, 0.1) is 0 Å². The van der Waals surface area contributed by atoms with Crippen LogP contribution in [0.1, 0.15) is 11.1 Å². The van der Waals surface area contributed by atoms with Crippen LogP contribution in [0.25, 0.3) is 0 Å². The Labute approximate surface area is 81.9 Å². The molecule has 0 aliphatic carbocycles. The predicted octanol–water partition coefficient (Wildman–Crippen LogP) is 2.02. The molecule has 0 aliphatic heterocycles. The van der Waals surface area contributed by atoms with Crippen molar-refractivity contribution in [3.63, 3.8) is 0 Å². The summed E-state index contributed by atoms with van der Waals surface area (Å²) in [6.07, 6.45) is 3.12. The molecule has 14 heavy (non-hydrogen) atoms. The Hall–Kier alpha value is -2.20. The first-order chi connectivity index (χ1) is 6.70. The van der Waals surface area contributed by atoms with Crippen molar-refractivity contribution in [3.8, 4) is 24.0 Å². The second-order valence-electron chi connectivity index (χ2n) is 2.74. The third kappa shape index (κ3) is 1.75. The number of hydrogen-bond donors (Lipinski definition) is 0. The average Bonchev–Trinajstić information content (AvgIpc) is 2.17. The summed E-state index contributed by atoms with van der Waals surface area (Å²) in [5.41, 5.74) is 1.50. The van der Waals surface area contributed by atoms with Crippen LogP contribution in [0.2, 0.25) is 0 Å². The fraction of sp³-hybridized carbons (Fsp3) is 0.200. The van der Waals surface area contributed by atoms with Gasteiger partial charge in [-0.15, -0.1) is 10.5 Å². The standard InChI is InChI=1S/C10H8N2O2/c1-7-3-4-8(2)10(14-6-12)9(7)13-5-11/h3-4H,1-2H3. The van der Waals surface area contributed by atoms with Gasteiger partial charge in [0.15, 0.2) is 11.5 Å². The van der Waals surface area contributed by atoms with E-state index < -0.39 is 0 Å². The van der Waals surface area contributed by atoms with Gasteiger partial charge >= 0.3 is 0 Å². The summed E-state index contributed by atoms with van der Waals surface area (Å²) in [7, 11) is 0. The Kier molecular flexibility index (Phi) is 2.93. The third-order valence-corrected chi connectivity index (χ3v) is 1.80. The Balaban J connectivity index is 3.29. The summed E-state index contributed by atoms with van der Waals surface area (Å²) >= 11 is 0. The molecule has 0 spiro atoms. The molecule has 1 rings (SSSR count). The zero-order valence-corrected chi connectivity index (χ0v) is 7.87. The molecule has 0 fully saturated rings. The normalized spacial score (nSPS) is 8.57. The monoisotopic (exact) mass is 188 g/mol. The van der Waals surface area contributed by atoms with Crippen LogP contribution in [-0.2, 0) is 0 Å². The lowest BCUT2D eigenvalue weighted by molar-refractivity contribution is 0.436. The molecular formula is C10H8N2O2. The van der Waals surface area contributed by atoms with E-state index in [9.17, 15) is 0 Å². The molecule has 0 bridgehead atoms. The fourth-order valence-electron chi connectivity index (χ4n) is 1.10. The molecule has 1 aromatic carbocycles. The van der Waals surface area contributed by atoms with Crippen molar-refractivity contribution >= 4 is 0 Å². The van der Waals surface area contributed by atoms with Crippen molar-refractivity contribution in [2.24, 2.45) is 0 Å². The van der Waals surface area contributed by atoms with E-state index in [0.29, 0.717) is 11.5 Å². The zero-order valence-electron chi connectivity index (χ0n) is 7.87. The van der Waals surface area contributed by atoms with Crippen LogP contribution >= 0.6 is 0 Å². The van der Waals surface area contributed by atoms with Gasteiger partial charge in [-0.3, -0.25) is 0 Å². The maximum Gasteiger partial charge on any atom is 0.292 e. The summed E-state index contributed by atoms with van der Waals surface area (Å²) in [4.78, 5) is 0. The molecule has 0 saturated carbocycles. The molecule has 1 aromatic rings. The molecule has 0 unspecified atom stereocenters. The number of nitriles is 2. The van der Waals surface area contributed by atoms with Crippen molar-refractivity contribution in [2.75, 3.05) is 0 Å². The molecule has 0 atom stereocenters. The minimum Gasteiger partial charge on any atom is -0.384 e. The van der Waals surface area contributed by atoms with Crippen molar-refractivity contribution in [1.29, 1.82) is 10.5 Å². The Morgan fingerprint density at radius 2 is 1.29 bits per heavy atom. The van der Waals surface area contributed by atoms with Gasteiger partial charge in [-0.25, -0.2) is 0 Å². The van der Waals surface area contributed by atoms with E-state index >= 15 is 0 Å². The molecule has 0 radical (unpaired) electrons. The second kappa shape index (κ2) is 4.15. The minimum absolute atomic E-state index is 0.300. The highest BCUT2D eigenvalue weighted by Crippen LogP contribution is 2.33. The molecule has 0 saturated heterocycles. The summed E-state index contributed by atoms with van der Waals surface area (Å²) in [6, 6.07) is 3.60. The predicted molar refractivity (Wildman–Crippen MR) is 48.4 cm³/mol. The van der Waals surface area contributed by atoms with Crippen LogP contribution in [0, 0.1) is 36.9 Å². The van der Waals surface area contributed by atoms with Gasteiger partial charge in [0.25, 0.3) is 12.5 Å². The van der Waals surface area contributed by atoms with Gasteiger partial charge in [-0.1, -0.05) is 12.1 Å². The number of aryl methyl sites for hydroxylation is 2. The molecular weight excluding hydrogens is 180 g/mol. The maximum atomic E-state index is 8.42. The van der Waals surface area contributed by atoms with Crippen molar-refractivity contribution in [3.05, 3.63) is 23.3 Å². The lowest BCUT2D eigenvalue weighted by atomic mass is 10.1. The van der Waals surface area contributed by atoms with E-state index in [0.717, 1.165) is 11.1 Å². The Bertz CT molecular complexity index is 386. The molecule has 0 aliphatic rings. The lowest BCUT2D eigenvalue weighted by Gasteiger charge is -2.08. The highest BCUT2D eigenvalue weighted by Gasteiger charge is 2.12. The van der Waals surface area contributed by atoms with E-state index in [1.54, 1.807) is 38.5 Å². The van der Waals surface area contributed by atoms with Crippen LogP contribution < -0.4 is 9.47 Å². The van der Waals surface area contributed by atoms with Crippen LogP contribution in [0.3, 0.4) is 0 Å². The topological polar surface area (TPSA) is 66.0 Å². The number of ether oxygens (including phenoxy) is 2. The van der Waals surface area contributed by atoms with E-state index in [1.165, 1.54) is 0 Å². The summed E-state index contributed by atoms with van der Waals surface area (Å²) in [5, 5.41) is 16.8. The van der Waals surface area contributed by atoms with Crippen LogP contribution in [0.15, 0.2) is 12.1 Å². The second-order valence-corrected chi connectivity index (χ2v) is 2.74. The third-order valence-electron chi connectivity index (χ3n) is 1.80. The SMILES string of the molecule is Cc1ccc(C)c(OC#N)c1OC#N. The number of benzene rings is 1. The van der Waals surface area contributed by atoms with Crippen molar-refractivity contribution in [1.82, 2.24) is 0 Å². The number of rotatable bonds is 2. The Morgan fingerprint density at radius 1 is 0.929 bits per heavy atom. The molecule has 70 valence electrons. The van der Waals surface area contributed by atoms with E-state index in [-0.39, 0.29) is 0 Å². The highest BCUT2D eigenvalue weighted by atomic mass is 16.5. The first kappa shape index (κ1) is 9.88. The van der Waals surface area contributed by atoms with Crippen LogP contribution in [0.5, 0.6) is 11.5 Å². The molecule has 4 heteroatoms. The number of nitrogens with zero attached hydrogens (tertiary/aromatic N) is 2. The Morgan fingerprint density at radius 3 is 1.57 bits per heavy atom. The van der Waals surface area contributed by atoms with Gasteiger partial charge in [0, 0.05) is 0 Å². The molecule has 4 nitrogen and oxygen atoms in total. The summed E-state index contributed by atoms with van der Waals surface area (Å²) in [5.74, 6) is 0.600. The highest BCUT2D eigenvalue weighted by molar-refractivity contribution is 5.51. The lowest BCUT2D eigenvalue weighted by Crippen LogP contribution is -1.94.